The molecule has 4 saturated carbocycles. The van der Waals surface area contributed by atoms with Crippen LogP contribution in [0.25, 0.3) is 0 Å². The smallest absolute Gasteiger partial charge is 0.316 e. The van der Waals surface area contributed by atoms with Crippen molar-refractivity contribution in [3.05, 3.63) is 12.2 Å². The molecule has 8 atom stereocenters. The van der Waals surface area contributed by atoms with E-state index < -0.39 is 49.6 Å². The van der Waals surface area contributed by atoms with E-state index in [9.17, 15) is 19.8 Å². The van der Waals surface area contributed by atoms with Crippen LogP contribution >= 0.6 is 23.2 Å². The fourth-order valence-corrected chi connectivity index (χ4v) is 9.48. The van der Waals surface area contributed by atoms with Crippen molar-refractivity contribution >= 4 is 35.1 Å². The van der Waals surface area contributed by atoms with Gasteiger partial charge < -0.3 is 14.9 Å². The number of halogens is 2. The largest absolute Gasteiger partial charge is 0.481 e. The first-order valence-corrected chi connectivity index (χ1v) is 10.5. The average molecular weight is 413 g/mol. The first kappa shape index (κ1) is 17.1. The molecular formula is C20H22Cl2O5. The summed E-state index contributed by atoms with van der Waals surface area (Å²) in [5.41, 5.74) is -4.03. The number of hydrogen-bond acceptors (Lipinski definition) is 4. The van der Waals surface area contributed by atoms with Gasteiger partial charge in [-0.1, -0.05) is 12.2 Å². The van der Waals surface area contributed by atoms with Gasteiger partial charge in [-0.2, -0.15) is 0 Å². The van der Waals surface area contributed by atoms with Crippen LogP contribution in [-0.2, 0) is 14.3 Å². The third-order valence-electron chi connectivity index (χ3n) is 9.39. The van der Waals surface area contributed by atoms with E-state index in [-0.39, 0.29) is 11.9 Å². The number of aliphatic hydroxyl groups is 1. The Kier molecular flexibility index (Phi) is 2.67. The zero-order valence-corrected chi connectivity index (χ0v) is 16.5. The van der Waals surface area contributed by atoms with Crippen LogP contribution in [0.1, 0.15) is 45.4 Å². The number of ether oxygens (including phenoxy) is 1. The highest BCUT2D eigenvalue weighted by molar-refractivity contribution is 6.51. The minimum atomic E-state index is -1.04. The summed E-state index contributed by atoms with van der Waals surface area (Å²) in [6.45, 7) is 1.81. The highest BCUT2D eigenvalue weighted by atomic mass is 35.5. The maximum Gasteiger partial charge on any atom is 0.316 e. The molecule has 6 rings (SSSR count). The molecule has 0 radical (unpaired) electrons. The quantitative estimate of drug-likeness (QED) is 0.392. The number of aliphatic carboxylic acids is 1. The van der Waals surface area contributed by atoms with E-state index in [1.807, 2.05) is 19.1 Å². The Morgan fingerprint density at radius 2 is 2.00 bits per heavy atom. The average Bonchev–Trinajstić information content (AvgIpc) is 2.87. The lowest BCUT2D eigenvalue weighted by Crippen LogP contribution is -2.48. The molecule has 0 aromatic heterocycles. The number of carboxylic acids is 1. The predicted octanol–water partition coefficient (Wildman–Crippen LogP) is 3.06. The summed E-state index contributed by atoms with van der Waals surface area (Å²) in [6.07, 6.45) is 6.91. The topological polar surface area (TPSA) is 83.8 Å². The van der Waals surface area contributed by atoms with E-state index in [0.717, 1.165) is 0 Å². The summed E-state index contributed by atoms with van der Waals surface area (Å²) >= 11 is 13.0. The molecule has 4 bridgehead atoms. The Hall–Kier alpha value is -0.780. The fraction of sp³-hybridized carbons (Fsp3) is 0.800. The van der Waals surface area contributed by atoms with Gasteiger partial charge in [0.1, 0.15) is 9.93 Å². The Labute approximate surface area is 167 Å². The number of rotatable bonds is 1. The number of carbonyl (C=O) groups is 2. The standard InChI is InChI=1S/C20H22Cl2O5/c1-15-4-2-5-19(27-14(15)25)10-3-6-18(26)8-16(10,11(12(15)19)13(23)24)7-17(18)9-20(17,21)22/h2,4,10-12,26H,3,5-9H2,1H3,(H,23,24)/t10-,11-,12-,15-,16+,17+,18+,19-/m1/s1. The summed E-state index contributed by atoms with van der Waals surface area (Å²) in [5, 5.41) is 21.9. The maximum absolute atomic E-state index is 12.8. The lowest BCUT2D eigenvalue weighted by molar-refractivity contribution is -0.162. The second-order valence-electron chi connectivity index (χ2n) is 10.2. The lowest BCUT2D eigenvalue weighted by Gasteiger charge is -2.45. The first-order chi connectivity index (χ1) is 12.5. The van der Waals surface area contributed by atoms with Crippen LogP contribution in [0, 0.1) is 34.0 Å². The Bertz CT molecular complexity index is 855. The SMILES string of the molecule is C[C@]12C=CC[C@@]3(OC1=O)[C@@H]1CC[C@]4(O)C[C@]1(C[C@]41CC1(Cl)Cl)[C@@H](C(=O)O)[C@@H]32. The molecule has 7 heteroatoms. The molecule has 0 unspecified atom stereocenters. The first-order valence-electron chi connectivity index (χ1n) is 9.72. The van der Waals surface area contributed by atoms with E-state index in [2.05, 4.69) is 0 Å². The zero-order valence-electron chi connectivity index (χ0n) is 15.0. The van der Waals surface area contributed by atoms with Gasteiger partial charge in [-0.05, 0) is 44.4 Å². The molecule has 6 aliphatic rings. The van der Waals surface area contributed by atoms with E-state index in [4.69, 9.17) is 27.9 Å². The van der Waals surface area contributed by atoms with Crippen molar-refractivity contribution in [3.8, 4) is 0 Å². The van der Waals surface area contributed by atoms with E-state index in [0.29, 0.717) is 38.5 Å². The van der Waals surface area contributed by atoms with Crippen LogP contribution in [0.5, 0.6) is 0 Å². The van der Waals surface area contributed by atoms with Crippen LogP contribution in [0.15, 0.2) is 12.2 Å². The minimum absolute atomic E-state index is 0.0868. The molecule has 1 saturated heterocycles. The molecule has 5 nitrogen and oxygen atoms in total. The van der Waals surface area contributed by atoms with Crippen LogP contribution in [0.4, 0.5) is 0 Å². The zero-order chi connectivity index (χ0) is 19.3. The molecule has 27 heavy (non-hydrogen) atoms. The van der Waals surface area contributed by atoms with Gasteiger partial charge in [-0.15, -0.1) is 23.2 Å². The van der Waals surface area contributed by atoms with Crippen molar-refractivity contribution < 1.29 is 24.5 Å². The number of esters is 1. The summed E-state index contributed by atoms with van der Waals surface area (Å²) in [4.78, 5) is 25.4. The van der Waals surface area contributed by atoms with Gasteiger partial charge in [0.25, 0.3) is 0 Å². The fourth-order valence-electron chi connectivity index (χ4n) is 8.53. The van der Waals surface area contributed by atoms with Crippen molar-refractivity contribution in [2.75, 3.05) is 0 Å². The monoisotopic (exact) mass is 412 g/mol. The van der Waals surface area contributed by atoms with Crippen molar-refractivity contribution in [1.29, 1.82) is 0 Å². The highest BCUT2D eigenvalue weighted by Gasteiger charge is 2.89. The lowest BCUT2D eigenvalue weighted by atomic mass is 9.62. The summed E-state index contributed by atoms with van der Waals surface area (Å²) in [7, 11) is 0. The molecule has 146 valence electrons. The molecular weight excluding hydrogens is 391 g/mol. The van der Waals surface area contributed by atoms with Gasteiger partial charge >= 0.3 is 11.9 Å². The second kappa shape index (κ2) is 4.22. The maximum atomic E-state index is 12.8. The van der Waals surface area contributed by atoms with E-state index in [1.165, 1.54) is 0 Å². The number of carboxylic acid groups (broad SMARTS) is 1. The Morgan fingerprint density at radius 3 is 2.63 bits per heavy atom. The molecule has 0 aromatic carbocycles. The van der Waals surface area contributed by atoms with Crippen molar-refractivity contribution in [2.24, 2.45) is 34.0 Å². The number of alkyl halides is 2. The minimum Gasteiger partial charge on any atom is -0.481 e. The van der Waals surface area contributed by atoms with Crippen LogP contribution in [0.2, 0.25) is 0 Å². The summed E-state index contributed by atoms with van der Waals surface area (Å²) in [5.74, 6) is -2.47. The molecule has 1 heterocycles. The molecule has 1 aliphatic heterocycles. The second-order valence-corrected chi connectivity index (χ2v) is 11.7. The Balaban J connectivity index is 1.58. The van der Waals surface area contributed by atoms with Gasteiger partial charge in [0, 0.05) is 23.7 Å². The number of hydrogen-bond donors (Lipinski definition) is 2. The van der Waals surface area contributed by atoms with Crippen LogP contribution in [0.3, 0.4) is 0 Å². The third-order valence-corrected chi connectivity index (χ3v) is 10.4. The molecule has 5 aliphatic carbocycles. The molecule has 0 amide bonds. The normalized spacial score (nSPS) is 60.9. The molecule has 5 fully saturated rings. The van der Waals surface area contributed by atoms with Gasteiger partial charge in [-0.25, -0.2) is 0 Å². The van der Waals surface area contributed by atoms with Crippen LogP contribution < -0.4 is 0 Å². The highest BCUT2D eigenvalue weighted by Crippen LogP contribution is 2.87. The van der Waals surface area contributed by atoms with Gasteiger partial charge in [0.2, 0.25) is 0 Å². The van der Waals surface area contributed by atoms with Crippen molar-refractivity contribution in [3.63, 3.8) is 0 Å². The van der Waals surface area contributed by atoms with E-state index in [1.54, 1.807) is 0 Å². The third kappa shape index (κ3) is 1.47. The predicted molar refractivity (Wildman–Crippen MR) is 96.1 cm³/mol. The van der Waals surface area contributed by atoms with Crippen molar-refractivity contribution in [1.82, 2.24) is 0 Å². The van der Waals surface area contributed by atoms with E-state index >= 15 is 0 Å². The molecule has 0 aromatic rings. The molecule has 2 N–H and O–H groups in total. The summed E-state index contributed by atoms with van der Waals surface area (Å²) < 4.78 is 5.05. The number of carbonyl (C=O) groups excluding carboxylic acids is 1. The van der Waals surface area contributed by atoms with Gasteiger partial charge in [-0.3, -0.25) is 9.59 Å². The van der Waals surface area contributed by atoms with Crippen LogP contribution in [-0.4, -0.2) is 37.7 Å². The van der Waals surface area contributed by atoms with Gasteiger partial charge in [0.15, 0.2) is 0 Å². The Morgan fingerprint density at radius 1 is 1.30 bits per heavy atom. The van der Waals surface area contributed by atoms with Gasteiger partial charge in [0.05, 0.1) is 16.9 Å². The number of fused-ring (bicyclic) bond motifs is 2. The molecule has 2 spiro atoms. The van der Waals surface area contributed by atoms with Crippen molar-refractivity contribution in [2.45, 2.75) is 61.0 Å². The summed E-state index contributed by atoms with van der Waals surface area (Å²) in [6, 6.07) is 0.